The number of ether oxygens (including phenoxy) is 2. The Balaban J connectivity index is 1.37. The van der Waals surface area contributed by atoms with Crippen LogP contribution in [0.1, 0.15) is 44.2 Å². The molecular formula is C27H31N5O2S2. The molecular weight excluding hydrogens is 490 g/mol. The van der Waals surface area contributed by atoms with Crippen LogP contribution in [0.15, 0.2) is 41.8 Å². The van der Waals surface area contributed by atoms with Gasteiger partial charge >= 0.3 is 0 Å². The Bertz CT molecular complexity index is 1340. The van der Waals surface area contributed by atoms with E-state index in [9.17, 15) is 0 Å². The molecule has 0 spiro atoms. The van der Waals surface area contributed by atoms with E-state index in [1.54, 1.807) is 22.7 Å². The summed E-state index contributed by atoms with van der Waals surface area (Å²) in [7, 11) is 0. The number of hydrogen-bond acceptors (Lipinski definition) is 9. The Morgan fingerprint density at radius 3 is 2.67 bits per heavy atom. The average molecular weight is 522 g/mol. The van der Waals surface area contributed by atoms with E-state index in [1.165, 1.54) is 4.88 Å². The molecule has 0 bridgehead atoms. The van der Waals surface area contributed by atoms with Crippen molar-refractivity contribution in [2.45, 2.75) is 71.1 Å². The summed E-state index contributed by atoms with van der Waals surface area (Å²) >= 11 is 3.39. The van der Waals surface area contributed by atoms with Gasteiger partial charge in [0.1, 0.15) is 16.9 Å². The van der Waals surface area contributed by atoms with E-state index in [0.717, 1.165) is 45.1 Å². The van der Waals surface area contributed by atoms with Crippen molar-refractivity contribution in [3.63, 3.8) is 0 Å². The summed E-state index contributed by atoms with van der Waals surface area (Å²) in [6.07, 6.45) is 2.10. The minimum Gasteiger partial charge on any atom is -0.364 e. The molecule has 2 N–H and O–H groups in total. The van der Waals surface area contributed by atoms with Gasteiger partial charge in [-0.25, -0.2) is 9.97 Å². The summed E-state index contributed by atoms with van der Waals surface area (Å²) in [4.78, 5) is 16.0. The van der Waals surface area contributed by atoms with E-state index in [0.29, 0.717) is 18.4 Å². The molecule has 1 aromatic carbocycles. The molecule has 0 unspecified atom stereocenters. The number of benzene rings is 1. The van der Waals surface area contributed by atoms with Crippen molar-refractivity contribution in [1.82, 2.24) is 15.0 Å². The van der Waals surface area contributed by atoms with Crippen molar-refractivity contribution < 1.29 is 9.47 Å². The largest absolute Gasteiger partial charge is 0.364 e. The summed E-state index contributed by atoms with van der Waals surface area (Å²) in [5.41, 5.74) is 2.84. The van der Waals surface area contributed by atoms with Gasteiger partial charge in [-0.1, -0.05) is 31.5 Å². The van der Waals surface area contributed by atoms with Crippen LogP contribution in [-0.2, 0) is 16.0 Å². The van der Waals surface area contributed by atoms with Gasteiger partial charge in [-0.2, -0.15) is 4.98 Å². The molecule has 6 rings (SSSR count). The molecule has 1 saturated heterocycles. The Hall–Kier alpha value is -2.59. The number of nitrogens with zero attached hydrogens (tertiary/aromatic N) is 3. The van der Waals surface area contributed by atoms with Gasteiger partial charge < -0.3 is 20.1 Å². The molecule has 2 fully saturated rings. The van der Waals surface area contributed by atoms with Crippen LogP contribution in [0.2, 0.25) is 0 Å². The molecule has 1 aliphatic carbocycles. The second kappa shape index (κ2) is 9.37. The molecule has 1 aliphatic heterocycles. The highest BCUT2D eigenvalue weighted by molar-refractivity contribution is 7.21. The van der Waals surface area contributed by atoms with Crippen LogP contribution in [0.3, 0.4) is 0 Å². The first kappa shape index (κ1) is 23.8. The number of aryl methyl sites for hydroxylation is 1. The third kappa shape index (κ3) is 4.49. The van der Waals surface area contributed by atoms with Crippen molar-refractivity contribution in [3.8, 4) is 10.6 Å². The topological polar surface area (TPSA) is 81.2 Å². The minimum atomic E-state index is -0.575. The molecule has 9 heteroatoms. The molecule has 4 heterocycles. The van der Waals surface area contributed by atoms with E-state index in [2.05, 4.69) is 47.2 Å². The first-order chi connectivity index (χ1) is 17.4. The highest BCUT2D eigenvalue weighted by atomic mass is 32.1. The van der Waals surface area contributed by atoms with Gasteiger partial charge in [0.2, 0.25) is 5.95 Å². The fourth-order valence-electron chi connectivity index (χ4n) is 5.37. The quantitative estimate of drug-likeness (QED) is 0.289. The van der Waals surface area contributed by atoms with Crippen molar-refractivity contribution in [1.29, 1.82) is 0 Å². The van der Waals surface area contributed by atoms with Gasteiger partial charge in [0.15, 0.2) is 5.79 Å². The van der Waals surface area contributed by atoms with Gasteiger partial charge in [-0.15, -0.1) is 22.7 Å². The number of thiazole rings is 1. The predicted octanol–water partition coefficient (Wildman–Crippen LogP) is 6.47. The minimum absolute atomic E-state index is 0.0223. The molecule has 3 aromatic heterocycles. The zero-order chi connectivity index (χ0) is 24.9. The van der Waals surface area contributed by atoms with E-state index in [4.69, 9.17) is 24.4 Å². The van der Waals surface area contributed by atoms with E-state index in [1.807, 2.05) is 32.9 Å². The SMILES string of the molecule is CC[C@H]1C[C@@H](Nc2nc(NCc3cccs3)nc(C)c2-c2nc3ccccc3s2)[C@@H]2OC(C)(C)O[C@H]12. The standard InChI is InChI=1S/C27H31N5O2S2/c1-5-16-13-19(23-22(16)33-27(3,4)34-23)30-24-21(25-31-18-10-6-7-11-20(18)36-25)15(2)29-26(32-24)28-14-17-9-8-12-35-17/h6-12,16,19,22-23H,5,13-14H2,1-4H3,(H2,28,29,30,32)/t16-,19+,22+,23-/m0/s1. The van der Waals surface area contributed by atoms with Crippen LogP contribution in [0.4, 0.5) is 11.8 Å². The van der Waals surface area contributed by atoms with Gasteiger partial charge in [-0.05, 0) is 56.7 Å². The molecule has 188 valence electrons. The Morgan fingerprint density at radius 1 is 1.06 bits per heavy atom. The normalized spacial score (nSPS) is 24.8. The molecule has 36 heavy (non-hydrogen) atoms. The van der Waals surface area contributed by atoms with Crippen LogP contribution in [-0.4, -0.2) is 39.0 Å². The third-order valence-corrected chi connectivity index (χ3v) is 8.96. The number of fused-ring (bicyclic) bond motifs is 2. The maximum atomic E-state index is 6.38. The second-order valence-corrected chi connectivity index (χ2v) is 12.1. The zero-order valence-electron chi connectivity index (χ0n) is 20.9. The number of anilines is 2. The maximum absolute atomic E-state index is 6.38. The molecule has 4 aromatic rings. The van der Waals surface area contributed by atoms with Crippen LogP contribution in [0, 0.1) is 12.8 Å². The van der Waals surface area contributed by atoms with Crippen molar-refractivity contribution >= 4 is 44.7 Å². The number of hydrogen-bond donors (Lipinski definition) is 2. The summed E-state index contributed by atoms with van der Waals surface area (Å²) < 4.78 is 13.8. The van der Waals surface area contributed by atoms with Crippen LogP contribution in [0.25, 0.3) is 20.8 Å². The fraction of sp³-hybridized carbons (Fsp3) is 0.444. The van der Waals surface area contributed by atoms with E-state index >= 15 is 0 Å². The molecule has 7 nitrogen and oxygen atoms in total. The van der Waals surface area contributed by atoms with E-state index in [-0.39, 0.29) is 18.2 Å². The Kier molecular flexibility index (Phi) is 6.19. The summed E-state index contributed by atoms with van der Waals surface area (Å²) in [6, 6.07) is 12.5. The monoisotopic (exact) mass is 521 g/mol. The highest BCUT2D eigenvalue weighted by Gasteiger charge is 2.53. The number of thiophene rings is 1. The van der Waals surface area contributed by atoms with Crippen LogP contribution >= 0.6 is 22.7 Å². The van der Waals surface area contributed by atoms with Gasteiger partial charge in [0.25, 0.3) is 0 Å². The van der Waals surface area contributed by atoms with Crippen LogP contribution < -0.4 is 10.6 Å². The Morgan fingerprint density at radius 2 is 1.89 bits per heavy atom. The lowest BCUT2D eigenvalue weighted by Crippen LogP contribution is -2.35. The van der Waals surface area contributed by atoms with Gasteiger partial charge in [0.05, 0.1) is 40.2 Å². The number of nitrogens with one attached hydrogen (secondary N) is 2. The lowest BCUT2D eigenvalue weighted by molar-refractivity contribution is -0.157. The van der Waals surface area contributed by atoms with E-state index < -0.39 is 5.79 Å². The molecule has 0 radical (unpaired) electrons. The zero-order valence-corrected chi connectivity index (χ0v) is 22.6. The van der Waals surface area contributed by atoms with Gasteiger partial charge in [0, 0.05) is 4.88 Å². The molecule has 0 amide bonds. The maximum Gasteiger partial charge on any atom is 0.225 e. The fourth-order valence-corrected chi connectivity index (χ4v) is 7.08. The number of para-hydroxylation sites is 1. The third-order valence-electron chi connectivity index (χ3n) is 7.03. The first-order valence-corrected chi connectivity index (χ1v) is 14.2. The predicted molar refractivity (Wildman–Crippen MR) is 147 cm³/mol. The summed E-state index contributed by atoms with van der Waals surface area (Å²) in [5.74, 6) is 1.27. The molecule has 1 saturated carbocycles. The molecule has 4 atom stereocenters. The summed E-state index contributed by atoms with van der Waals surface area (Å²) in [5, 5.41) is 10.2. The molecule has 2 aliphatic rings. The lowest BCUT2D eigenvalue weighted by Gasteiger charge is -2.25. The summed E-state index contributed by atoms with van der Waals surface area (Å²) in [6.45, 7) is 8.96. The first-order valence-electron chi connectivity index (χ1n) is 12.5. The number of rotatable bonds is 7. The lowest BCUT2D eigenvalue weighted by atomic mass is 10.0. The average Bonchev–Trinajstić information content (AvgIpc) is 3.62. The smallest absolute Gasteiger partial charge is 0.225 e. The number of aromatic nitrogens is 3. The van der Waals surface area contributed by atoms with Gasteiger partial charge in [-0.3, -0.25) is 0 Å². The second-order valence-electron chi connectivity index (χ2n) is 10.00. The van der Waals surface area contributed by atoms with Crippen molar-refractivity contribution in [2.24, 2.45) is 5.92 Å². The highest BCUT2D eigenvalue weighted by Crippen LogP contribution is 2.45. The van der Waals surface area contributed by atoms with Crippen molar-refractivity contribution in [3.05, 3.63) is 52.3 Å². The van der Waals surface area contributed by atoms with Crippen LogP contribution in [0.5, 0.6) is 0 Å². The van der Waals surface area contributed by atoms with Crippen molar-refractivity contribution in [2.75, 3.05) is 10.6 Å². The Labute approximate surface area is 219 Å².